The molecular weight excluding hydrogens is 284 g/mol. The molecule has 0 radical (unpaired) electrons. The van der Waals surface area contributed by atoms with Crippen molar-refractivity contribution in [3.63, 3.8) is 0 Å². The molecule has 0 aromatic heterocycles. The summed E-state index contributed by atoms with van der Waals surface area (Å²) in [5, 5.41) is 8.94. The molecule has 1 aromatic carbocycles. The second-order valence-corrected chi connectivity index (χ2v) is 5.90. The van der Waals surface area contributed by atoms with E-state index in [1.165, 1.54) is 24.3 Å². The number of carbonyl (C=O) groups excluding carboxylic acids is 1. The Morgan fingerprint density at radius 3 is 2.25 bits per heavy atom. The lowest BCUT2D eigenvalue weighted by Gasteiger charge is -2.14. The molecule has 0 spiro atoms. The highest BCUT2D eigenvalue weighted by Gasteiger charge is 2.24. The van der Waals surface area contributed by atoms with E-state index in [2.05, 4.69) is 4.72 Å². The second-order valence-electron chi connectivity index (χ2n) is 4.19. The van der Waals surface area contributed by atoms with E-state index in [-0.39, 0.29) is 16.9 Å². The highest BCUT2D eigenvalue weighted by molar-refractivity contribution is 7.89. The molecular formula is C12H16N2O5S. The number of carboxylic acids is 1. The van der Waals surface area contributed by atoms with Crippen molar-refractivity contribution in [1.29, 1.82) is 0 Å². The van der Waals surface area contributed by atoms with E-state index >= 15 is 0 Å². The first kappa shape index (κ1) is 16.1. The van der Waals surface area contributed by atoms with Crippen LogP contribution < -0.4 is 10.5 Å². The summed E-state index contributed by atoms with van der Waals surface area (Å²) < 4.78 is 26.1. The molecule has 0 saturated heterocycles. The SMILES string of the molecule is CCCC(NS(=O)(=O)c1ccc(C(N)=O)cc1)C(=O)O. The van der Waals surface area contributed by atoms with E-state index in [0.717, 1.165) is 0 Å². The van der Waals surface area contributed by atoms with Crippen LogP contribution in [0.4, 0.5) is 0 Å². The minimum Gasteiger partial charge on any atom is -0.480 e. The predicted octanol–water partition coefficient (Wildman–Crippen LogP) is 0.317. The van der Waals surface area contributed by atoms with Crippen LogP contribution in [0.2, 0.25) is 0 Å². The first-order valence-electron chi connectivity index (χ1n) is 5.93. The van der Waals surface area contributed by atoms with E-state index in [1.54, 1.807) is 6.92 Å². The third kappa shape index (κ3) is 4.04. The maximum Gasteiger partial charge on any atom is 0.321 e. The lowest BCUT2D eigenvalue weighted by Crippen LogP contribution is -2.40. The Kier molecular flexibility index (Phi) is 5.23. The average Bonchev–Trinajstić information content (AvgIpc) is 2.38. The highest BCUT2D eigenvalue weighted by Crippen LogP contribution is 2.12. The van der Waals surface area contributed by atoms with E-state index in [9.17, 15) is 18.0 Å². The van der Waals surface area contributed by atoms with Gasteiger partial charge in [0.1, 0.15) is 6.04 Å². The summed E-state index contributed by atoms with van der Waals surface area (Å²) >= 11 is 0. The monoisotopic (exact) mass is 300 g/mol. The van der Waals surface area contributed by atoms with E-state index in [4.69, 9.17) is 10.8 Å². The summed E-state index contributed by atoms with van der Waals surface area (Å²) in [5.74, 6) is -1.90. The van der Waals surface area contributed by atoms with Crippen molar-refractivity contribution in [3.8, 4) is 0 Å². The molecule has 1 atom stereocenters. The fraction of sp³-hybridized carbons (Fsp3) is 0.333. The zero-order chi connectivity index (χ0) is 15.3. The molecule has 1 rings (SSSR count). The molecule has 0 saturated carbocycles. The Morgan fingerprint density at radius 2 is 1.85 bits per heavy atom. The van der Waals surface area contributed by atoms with Crippen LogP contribution >= 0.6 is 0 Å². The van der Waals surface area contributed by atoms with Crippen molar-refractivity contribution < 1.29 is 23.1 Å². The quantitative estimate of drug-likeness (QED) is 0.668. The first-order valence-corrected chi connectivity index (χ1v) is 7.41. The number of nitrogens with one attached hydrogen (secondary N) is 1. The van der Waals surface area contributed by atoms with Crippen LogP contribution in [-0.2, 0) is 14.8 Å². The van der Waals surface area contributed by atoms with Crippen LogP contribution in [0.25, 0.3) is 0 Å². The van der Waals surface area contributed by atoms with Gasteiger partial charge in [-0.2, -0.15) is 4.72 Å². The van der Waals surface area contributed by atoms with Gasteiger partial charge in [0.05, 0.1) is 4.90 Å². The molecule has 1 aromatic rings. The van der Waals surface area contributed by atoms with Crippen molar-refractivity contribution in [1.82, 2.24) is 4.72 Å². The number of carbonyl (C=O) groups is 2. The molecule has 0 heterocycles. The second kappa shape index (κ2) is 6.49. The maximum absolute atomic E-state index is 12.0. The number of benzene rings is 1. The minimum atomic E-state index is -3.95. The maximum atomic E-state index is 12.0. The molecule has 0 bridgehead atoms. The fourth-order valence-electron chi connectivity index (χ4n) is 1.58. The van der Waals surface area contributed by atoms with Gasteiger partial charge in [0.15, 0.2) is 0 Å². The van der Waals surface area contributed by atoms with Crippen molar-refractivity contribution in [2.45, 2.75) is 30.7 Å². The zero-order valence-corrected chi connectivity index (χ0v) is 11.7. The Bertz CT molecular complexity index is 595. The van der Waals surface area contributed by atoms with Crippen molar-refractivity contribution in [3.05, 3.63) is 29.8 Å². The molecule has 7 nitrogen and oxygen atoms in total. The summed E-state index contributed by atoms with van der Waals surface area (Å²) in [4.78, 5) is 21.7. The van der Waals surface area contributed by atoms with Gasteiger partial charge >= 0.3 is 5.97 Å². The van der Waals surface area contributed by atoms with Gasteiger partial charge in [-0.3, -0.25) is 9.59 Å². The van der Waals surface area contributed by atoms with Crippen LogP contribution in [0.15, 0.2) is 29.2 Å². The molecule has 0 aliphatic rings. The van der Waals surface area contributed by atoms with Gasteiger partial charge in [0.25, 0.3) is 0 Å². The number of primary amides is 1. The van der Waals surface area contributed by atoms with Crippen molar-refractivity contribution >= 4 is 21.9 Å². The number of sulfonamides is 1. The van der Waals surface area contributed by atoms with Gasteiger partial charge in [0.2, 0.25) is 15.9 Å². The summed E-state index contributed by atoms with van der Waals surface area (Å²) in [6.07, 6.45) is 0.716. The fourth-order valence-corrected chi connectivity index (χ4v) is 2.80. The topological polar surface area (TPSA) is 127 Å². The van der Waals surface area contributed by atoms with Crippen LogP contribution in [-0.4, -0.2) is 31.4 Å². The van der Waals surface area contributed by atoms with Gasteiger partial charge in [-0.25, -0.2) is 8.42 Å². The van der Waals surface area contributed by atoms with Crippen LogP contribution in [0.3, 0.4) is 0 Å². The lowest BCUT2D eigenvalue weighted by atomic mass is 10.2. The number of hydrogen-bond acceptors (Lipinski definition) is 4. The largest absolute Gasteiger partial charge is 0.480 e. The molecule has 0 aliphatic heterocycles. The number of carboxylic acid groups (broad SMARTS) is 1. The third-order valence-corrected chi connectivity index (χ3v) is 4.11. The van der Waals surface area contributed by atoms with Crippen LogP contribution in [0.5, 0.6) is 0 Å². The van der Waals surface area contributed by atoms with Gasteiger partial charge in [-0.1, -0.05) is 13.3 Å². The lowest BCUT2D eigenvalue weighted by molar-refractivity contribution is -0.139. The molecule has 1 amide bonds. The normalized spacial score (nSPS) is 12.8. The Hall–Kier alpha value is -1.93. The Labute approximate surface area is 116 Å². The third-order valence-electron chi connectivity index (χ3n) is 2.62. The Balaban J connectivity index is 2.98. The summed E-state index contributed by atoms with van der Waals surface area (Å²) in [6.45, 7) is 1.76. The zero-order valence-electron chi connectivity index (χ0n) is 10.9. The van der Waals surface area contributed by atoms with E-state index in [0.29, 0.717) is 6.42 Å². The number of rotatable bonds is 7. The minimum absolute atomic E-state index is 0.121. The van der Waals surface area contributed by atoms with Crippen molar-refractivity contribution in [2.75, 3.05) is 0 Å². The van der Waals surface area contributed by atoms with E-state index < -0.39 is 27.9 Å². The molecule has 1 unspecified atom stereocenters. The molecule has 0 fully saturated rings. The molecule has 20 heavy (non-hydrogen) atoms. The van der Waals surface area contributed by atoms with Crippen LogP contribution in [0, 0.1) is 0 Å². The Morgan fingerprint density at radius 1 is 1.30 bits per heavy atom. The van der Waals surface area contributed by atoms with Crippen molar-refractivity contribution in [2.24, 2.45) is 5.73 Å². The van der Waals surface area contributed by atoms with E-state index in [1.807, 2.05) is 0 Å². The summed E-state index contributed by atoms with van der Waals surface area (Å²) in [5.41, 5.74) is 5.22. The van der Waals surface area contributed by atoms with Crippen LogP contribution in [0.1, 0.15) is 30.1 Å². The molecule has 8 heteroatoms. The number of amides is 1. The average molecular weight is 300 g/mol. The number of nitrogens with two attached hydrogens (primary N) is 1. The smallest absolute Gasteiger partial charge is 0.321 e. The molecule has 0 aliphatic carbocycles. The standard InChI is InChI=1S/C12H16N2O5S/c1-2-3-10(12(16)17)14-20(18,19)9-6-4-8(5-7-9)11(13)15/h4-7,10,14H,2-3H2,1H3,(H2,13,15)(H,16,17). The number of hydrogen-bond donors (Lipinski definition) is 3. The van der Waals surface area contributed by atoms with Gasteiger partial charge < -0.3 is 10.8 Å². The highest BCUT2D eigenvalue weighted by atomic mass is 32.2. The first-order chi connectivity index (χ1) is 9.27. The number of aliphatic carboxylic acids is 1. The molecule has 110 valence electrons. The predicted molar refractivity (Wildman–Crippen MR) is 71.6 cm³/mol. The molecule has 4 N–H and O–H groups in total. The summed E-state index contributed by atoms with van der Waals surface area (Å²) in [7, 11) is -3.95. The summed E-state index contributed by atoms with van der Waals surface area (Å²) in [6, 6.07) is 3.76. The van der Waals surface area contributed by atoms with Gasteiger partial charge in [-0.05, 0) is 30.7 Å². The van der Waals surface area contributed by atoms with Gasteiger partial charge in [-0.15, -0.1) is 0 Å². The van der Waals surface area contributed by atoms with Gasteiger partial charge in [0, 0.05) is 5.56 Å².